The second-order valence-corrected chi connectivity index (χ2v) is 6.33. The van der Waals surface area contributed by atoms with Crippen molar-refractivity contribution >= 4 is 29.7 Å². The number of nitro groups is 1. The summed E-state index contributed by atoms with van der Waals surface area (Å²) >= 11 is 0. The third-order valence-electron chi connectivity index (χ3n) is 4.40. The molecule has 0 heterocycles. The molecule has 0 radical (unpaired) electrons. The molecule has 2 rings (SSSR count). The number of halogens is 1. The van der Waals surface area contributed by atoms with E-state index in [-0.39, 0.29) is 29.9 Å². The van der Waals surface area contributed by atoms with Crippen LogP contribution in [0, 0.1) is 16.0 Å². The summed E-state index contributed by atoms with van der Waals surface area (Å²) in [7, 11) is 0. The van der Waals surface area contributed by atoms with Gasteiger partial charge in [0.1, 0.15) is 0 Å². The third-order valence-corrected chi connectivity index (χ3v) is 4.40. The van der Waals surface area contributed by atoms with Crippen LogP contribution in [0.5, 0.6) is 0 Å². The molecule has 2 atom stereocenters. The topological polar surface area (TPSA) is 110 Å². The normalized spacial score (nSPS) is 23.0. The van der Waals surface area contributed by atoms with E-state index in [0.29, 0.717) is 13.1 Å². The predicted octanol–water partition coefficient (Wildman–Crippen LogP) is 2.45. The van der Waals surface area contributed by atoms with Gasteiger partial charge in [0.15, 0.2) is 0 Å². The predicted molar refractivity (Wildman–Crippen MR) is 96.4 cm³/mol. The van der Waals surface area contributed by atoms with Crippen LogP contribution in [0.3, 0.4) is 0 Å². The molecule has 1 amide bonds. The van der Waals surface area contributed by atoms with Gasteiger partial charge in [-0.15, -0.1) is 12.4 Å². The zero-order chi connectivity index (χ0) is 16.9. The van der Waals surface area contributed by atoms with Crippen molar-refractivity contribution in [1.29, 1.82) is 0 Å². The molecule has 1 aromatic rings. The van der Waals surface area contributed by atoms with E-state index in [9.17, 15) is 14.9 Å². The standard InChI is InChI=1S/C16H24N4O3.ClH/c1-16(17)9-3-2-4-14(16)15(21)19-11-10-18-12-5-7-13(8-6-12)20(22)23;/h5-8,14,18H,2-4,9-11,17H2,1H3,(H,19,21);1H. The van der Waals surface area contributed by atoms with Gasteiger partial charge in [0, 0.05) is 36.4 Å². The molecule has 0 aromatic heterocycles. The van der Waals surface area contributed by atoms with Crippen LogP contribution in [0.4, 0.5) is 11.4 Å². The largest absolute Gasteiger partial charge is 0.383 e. The zero-order valence-corrected chi connectivity index (χ0v) is 14.6. The van der Waals surface area contributed by atoms with Crippen molar-refractivity contribution in [3.63, 3.8) is 0 Å². The number of hydrogen-bond acceptors (Lipinski definition) is 5. The Balaban J connectivity index is 0.00000288. The summed E-state index contributed by atoms with van der Waals surface area (Å²) in [5.74, 6) is -0.115. The van der Waals surface area contributed by atoms with Gasteiger partial charge in [0.05, 0.1) is 10.8 Å². The van der Waals surface area contributed by atoms with Crippen molar-refractivity contribution in [2.45, 2.75) is 38.1 Å². The van der Waals surface area contributed by atoms with Gasteiger partial charge >= 0.3 is 0 Å². The van der Waals surface area contributed by atoms with Crippen LogP contribution < -0.4 is 16.4 Å². The van der Waals surface area contributed by atoms with E-state index in [0.717, 1.165) is 31.4 Å². The van der Waals surface area contributed by atoms with Crippen molar-refractivity contribution in [3.05, 3.63) is 34.4 Å². The highest BCUT2D eigenvalue weighted by Crippen LogP contribution is 2.31. The minimum Gasteiger partial charge on any atom is -0.383 e. The molecule has 0 aliphatic heterocycles. The summed E-state index contributed by atoms with van der Waals surface area (Å²) in [6.07, 6.45) is 3.85. The van der Waals surface area contributed by atoms with Crippen LogP contribution in [0.2, 0.25) is 0 Å². The fraction of sp³-hybridized carbons (Fsp3) is 0.562. The van der Waals surface area contributed by atoms with Crippen LogP contribution in [0.1, 0.15) is 32.6 Å². The van der Waals surface area contributed by atoms with Crippen LogP contribution in [0.15, 0.2) is 24.3 Å². The molecule has 4 N–H and O–H groups in total. The van der Waals surface area contributed by atoms with Gasteiger partial charge in [-0.3, -0.25) is 14.9 Å². The van der Waals surface area contributed by atoms with Gasteiger partial charge in [-0.05, 0) is 31.9 Å². The fourth-order valence-electron chi connectivity index (χ4n) is 3.01. The van der Waals surface area contributed by atoms with Crippen LogP contribution in [-0.2, 0) is 4.79 Å². The van der Waals surface area contributed by atoms with Crippen LogP contribution in [-0.4, -0.2) is 29.5 Å². The molecule has 1 aliphatic rings. The molecule has 2 unspecified atom stereocenters. The Labute approximate surface area is 147 Å². The second-order valence-electron chi connectivity index (χ2n) is 6.33. The van der Waals surface area contributed by atoms with Crippen LogP contribution in [0.25, 0.3) is 0 Å². The molecule has 1 aromatic carbocycles. The first-order chi connectivity index (χ1) is 10.9. The van der Waals surface area contributed by atoms with E-state index < -0.39 is 10.5 Å². The zero-order valence-electron chi connectivity index (χ0n) is 13.8. The molecule has 8 heteroatoms. The lowest BCUT2D eigenvalue weighted by atomic mass is 9.74. The number of amides is 1. The lowest BCUT2D eigenvalue weighted by Gasteiger charge is -2.37. The molecular weight excluding hydrogens is 332 g/mol. The minimum absolute atomic E-state index is 0. The lowest BCUT2D eigenvalue weighted by Crippen LogP contribution is -2.53. The first kappa shape index (κ1) is 20.2. The number of nitrogens with one attached hydrogen (secondary N) is 2. The van der Waals surface area contributed by atoms with Crippen molar-refractivity contribution < 1.29 is 9.72 Å². The maximum atomic E-state index is 12.3. The first-order valence-electron chi connectivity index (χ1n) is 7.95. The molecule has 134 valence electrons. The molecule has 1 aliphatic carbocycles. The molecule has 1 fully saturated rings. The van der Waals surface area contributed by atoms with Gasteiger partial charge in [0.2, 0.25) is 5.91 Å². The Morgan fingerprint density at radius 1 is 1.33 bits per heavy atom. The Kier molecular flexibility index (Phi) is 7.44. The Bertz CT molecular complexity index is 563. The Morgan fingerprint density at radius 2 is 2.00 bits per heavy atom. The van der Waals surface area contributed by atoms with E-state index in [1.54, 1.807) is 12.1 Å². The number of nitro benzene ring substituents is 1. The molecule has 0 bridgehead atoms. The number of nitrogens with two attached hydrogens (primary N) is 1. The number of nitrogens with zero attached hydrogens (tertiary/aromatic N) is 1. The Morgan fingerprint density at radius 3 is 2.58 bits per heavy atom. The van der Waals surface area contributed by atoms with E-state index in [4.69, 9.17) is 5.73 Å². The molecule has 0 saturated heterocycles. The highest BCUT2D eigenvalue weighted by molar-refractivity contribution is 5.85. The SMILES string of the molecule is CC1(N)CCCCC1C(=O)NCCNc1ccc([N+](=O)[O-])cc1.Cl. The summed E-state index contributed by atoms with van der Waals surface area (Å²) in [4.78, 5) is 22.4. The number of rotatable bonds is 6. The number of non-ortho nitro benzene ring substituents is 1. The maximum absolute atomic E-state index is 12.3. The third kappa shape index (κ3) is 5.35. The van der Waals surface area contributed by atoms with E-state index in [1.165, 1.54) is 12.1 Å². The number of benzene rings is 1. The maximum Gasteiger partial charge on any atom is 0.269 e. The second kappa shape index (κ2) is 8.84. The van der Waals surface area contributed by atoms with Crippen LogP contribution >= 0.6 is 12.4 Å². The van der Waals surface area contributed by atoms with Gasteiger partial charge in [-0.25, -0.2) is 0 Å². The minimum atomic E-state index is -0.433. The lowest BCUT2D eigenvalue weighted by molar-refractivity contribution is -0.384. The summed E-state index contributed by atoms with van der Waals surface area (Å²) in [6.45, 7) is 2.99. The molecule has 7 nitrogen and oxygen atoms in total. The van der Waals surface area contributed by atoms with E-state index in [1.807, 2.05) is 6.92 Å². The van der Waals surface area contributed by atoms with E-state index in [2.05, 4.69) is 10.6 Å². The number of anilines is 1. The number of carbonyl (C=O) groups is 1. The summed E-state index contributed by atoms with van der Waals surface area (Å²) in [5, 5.41) is 16.6. The highest BCUT2D eigenvalue weighted by Gasteiger charge is 2.37. The van der Waals surface area contributed by atoms with E-state index >= 15 is 0 Å². The smallest absolute Gasteiger partial charge is 0.269 e. The molecule has 0 spiro atoms. The molecule has 24 heavy (non-hydrogen) atoms. The average Bonchev–Trinajstić information content (AvgIpc) is 2.51. The monoisotopic (exact) mass is 356 g/mol. The number of hydrogen-bond donors (Lipinski definition) is 3. The molecule has 1 saturated carbocycles. The quantitative estimate of drug-likeness (QED) is 0.412. The summed E-state index contributed by atoms with van der Waals surface area (Å²) < 4.78 is 0. The van der Waals surface area contributed by atoms with Crippen molar-refractivity contribution in [3.8, 4) is 0 Å². The molecular formula is C16H25ClN4O3. The average molecular weight is 357 g/mol. The fourth-order valence-corrected chi connectivity index (χ4v) is 3.01. The van der Waals surface area contributed by atoms with Gasteiger partial charge in [-0.2, -0.15) is 0 Å². The van der Waals surface area contributed by atoms with Crippen molar-refractivity contribution in [2.24, 2.45) is 11.7 Å². The van der Waals surface area contributed by atoms with Crippen molar-refractivity contribution in [2.75, 3.05) is 18.4 Å². The Hall–Kier alpha value is -1.86. The van der Waals surface area contributed by atoms with Gasteiger partial charge < -0.3 is 16.4 Å². The van der Waals surface area contributed by atoms with Gasteiger partial charge in [-0.1, -0.05) is 12.8 Å². The highest BCUT2D eigenvalue weighted by atomic mass is 35.5. The van der Waals surface area contributed by atoms with Gasteiger partial charge in [0.25, 0.3) is 5.69 Å². The number of carbonyl (C=O) groups excluding carboxylic acids is 1. The summed E-state index contributed by atoms with van der Waals surface area (Å²) in [5.41, 5.74) is 6.65. The summed E-state index contributed by atoms with van der Waals surface area (Å²) in [6, 6.07) is 6.20. The first-order valence-corrected chi connectivity index (χ1v) is 7.95. The van der Waals surface area contributed by atoms with Crippen molar-refractivity contribution in [1.82, 2.24) is 5.32 Å².